The average molecular weight is 407 g/mol. The topological polar surface area (TPSA) is 27.1 Å². The number of aryl methyl sites for hydroxylation is 1. The van der Waals surface area contributed by atoms with Gasteiger partial charge in [0.15, 0.2) is 0 Å². The minimum atomic E-state index is 0.370. The molecule has 136 valence electrons. The molecule has 1 atom stereocenters. The van der Waals surface area contributed by atoms with Gasteiger partial charge >= 0.3 is 0 Å². The molecule has 3 rings (SSSR count). The number of rotatable bonds is 8. The standard InChI is InChI=1S/C20H20Cl2N2OS/c1-25-19-12-17(22)7-9-20(19)26-18(13-24-11-10-23-14-24)8-4-15-2-5-16(21)6-3-15/h2-3,5-7,9-12,14,18H,4,8,13H2,1H3. The Morgan fingerprint density at radius 3 is 2.58 bits per heavy atom. The lowest BCUT2D eigenvalue weighted by Gasteiger charge is -2.19. The zero-order valence-corrected chi connectivity index (χ0v) is 16.8. The molecule has 0 aliphatic heterocycles. The van der Waals surface area contributed by atoms with Gasteiger partial charge in [-0.15, -0.1) is 11.8 Å². The van der Waals surface area contributed by atoms with E-state index in [0.29, 0.717) is 10.3 Å². The summed E-state index contributed by atoms with van der Waals surface area (Å²) in [4.78, 5) is 5.25. The Morgan fingerprint density at radius 1 is 1.12 bits per heavy atom. The second-order valence-electron chi connectivity index (χ2n) is 5.96. The van der Waals surface area contributed by atoms with Crippen LogP contribution in [0.2, 0.25) is 10.0 Å². The fourth-order valence-corrected chi connectivity index (χ4v) is 4.25. The van der Waals surface area contributed by atoms with Gasteiger partial charge in [-0.1, -0.05) is 35.3 Å². The lowest BCUT2D eigenvalue weighted by Crippen LogP contribution is -2.13. The maximum atomic E-state index is 6.09. The molecule has 0 N–H and O–H groups in total. The first-order valence-electron chi connectivity index (χ1n) is 8.34. The van der Waals surface area contributed by atoms with Crippen molar-refractivity contribution in [3.05, 3.63) is 76.8 Å². The number of ether oxygens (including phenoxy) is 1. The monoisotopic (exact) mass is 406 g/mol. The van der Waals surface area contributed by atoms with Crippen LogP contribution in [-0.4, -0.2) is 21.9 Å². The molecule has 0 radical (unpaired) electrons. The summed E-state index contributed by atoms with van der Waals surface area (Å²) >= 11 is 13.9. The van der Waals surface area contributed by atoms with E-state index in [0.717, 1.165) is 35.1 Å². The van der Waals surface area contributed by atoms with Gasteiger partial charge in [0.25, 0.3) is 0 Å². The Bertz CT molecular complexity index is 822. The summed E-state index contributed by atoms with van der Waals surface area (Å²) in [5.41, 5.74) is 1.29. The summed E-state index contributed by atoms with van der Waals surface area (Å²) < 4.78 is 7.61. The Labute approximate surface area is 168 Å². The molecule has 26 heavy (non-hydrogen) atoms. The molecule has 1 aromatic heterocycles. The predicted octanol–water partition coefficient (Wildman–Crippen LogP) is 5.99. The van der Waals surface area contributed by atoms with Gasteiger partial charge in [0.05, 0.1) is 13.4 Å². The van der Waals surface area contributed by atoms with E-state index in [-0.39, 0.29) is 0 Å². The van der Waals surface area contributed by atoms with Gasteiger partial charge in [-0.3, -0.25) is 0 Å². The van der Waals surface area contributed by atoms with Crippen molar-refractivity contribution in [3.63, 3.8) is 0 Å². The van der Waals surface area contributed by atoms with Crippen LogP contribution in [0.15, 0.2) is 66.1 Å². The maximum Gasteiger partial charge on any atom is 0.133 e. The minimum absolute atomic E-state index is 0.370. The van der Waals surface area contributed by atoms with Crippen LogP contribution >= 0.6 is 35.0 Å². The number of halogens is 2. The number of benzene rings is 2. The van der Waals surface area contributed by atoms with E-state index in [1.54, 1.807) is 7.11 Å². The number of imidazole rings is 1. The van der Waals surface area contributed by atoms with Crippen molar-refractivity contribution < 1.29 is 4.74 Å². The highest BCUT2D eigenvalue weighted by atomic mass is 35.5. The Balaban J connectivity index is 1.73. The molecule has 3 nitrogen and oxygen atoms in total. The molecule has 3 aromatic rings. The third-order valence-corrected chi connectivity index (χ3v) is 5.86. The SMILES string of the molecule is COc1cc(Cl)ccc1SC(CCc1ccc(Cl)cc1)Cn1ccnc1. The van der Waals surface area contributed by atoms with Crippen LogP contribution in [0.5, 0.6) is 5.75 Å². The van der Waals surface area contributed by atoms with E-state index < -0.39 is 0 Å². The van der Waals surface area contributed by atoms with E-state index in [4.69, 9.17) is 27.9 Å². The van der Waals surface area contributed by atoms with E-state index in [9.17, 15) is 0 Å². The molecule has 0 amide bonds. The third kappa shape index (κ3) is 5.44. The summed E-state index contributed by atoms with van der Waals surface area (Å²) in [6.45, 7) is 0.879. The highest BCUT2D eigenvalue weighted by molar-refractivity contribution is 8.00. The van der Waals surface area contributed by atoms with E-state index in [1.165, 1.54) is 5.56 Å². The van der Waals surface area contributed by atoms with Gasteiger partial charge in [-0.25, -0.2) is 4.98 Å². The van der Waals surface area contributed by atoms with Crippen molar-refractivity contribution in [3.8, 4) is 5.75 Å². The molecule has 1 heterocycles. The normalized spacial score (nSPS) is 12.1. The van der Waals surface area contributed by atoms with E-state index in [2.05, 4.69) is 21.7 Å². The molecule has 0 spiro atoms. The van der Waals surface area contributed by atoms with Crippen molar-refractivity contribution >= 4 is 35.0 Å². The van der Waals surface area contributed by atoms with Crippen LogP contribution in [0.3, 0.4) is 0 Å². The number of thioether (sulfide) groups is 1. The Morgan fingerprint density at radius 2 is 1.88 bits per heavy atom. The molecule has 0 aliphatic carbocycles. The fourth-order valence-electron chi connectivity index (χ4n) is 2.71. The molecule has 0 saturated heterocycles. The summed E-state index contributed by atoms with van der Waals surface area (Å²) in [5.74, 6) is 0.810. The molecule has 0 bridgehead atoms. The average Bonchev–Trinajstić information content (AvgIpc) is 3.15. The zero-order chi connectivity index (χ0) is 18.4. The molecule has 6 heteroatoms. The van der Waals surface area contributed by atoms with Gasteiger partial charge < -0.3 is 9.30 Å². The van der Waals surface area contributed by atoms with E-state index >= 15 is 0 Å². The van der Waals surface area contributed by atoms with E-state index in [1.807, 2.05) is 60.8 Å². The van der Waals surface area contributed by atoms with Crippen LogP contribution in [0.1, 0.15) is 12.0 Å². The zero-order valence-electron chi connectivity index (χ0n) is 14.4. The maximum absolute atomic E-state index is 6.09. The molecule has 1 unspecified atom stereocenters. The lowest BCUT2D eigenvalue weighted by molar-refractivity contribution is 0.404. The number of methoxy groups -OCH3 is 1. The third-order valence-electron chi connectivity index (χ3n) is 4.06. The first-order chi connectivity index (χ1) is 12.6. The van der Waals surface area contributed by atoms with Crippen LogP contribution in [-0.2, 0) is 13.0 Å². The molecule has 0 saturated carbocycles. The van der Waals surface area contributed by atoms with Crippen LogP contribution in [0.25, 0.3) is 0 Å². The van der Waals surface area contributed by atoms with Gasteiger partial charge in [-0.2, -0.15) is 0 Å². The largest absolute Gasteiger partial charge is 0.496 e. The summed E-state index contributed by atoms with van der Waals surface area (Å²) in [7, 11) is 1.67. The van der Waals surface area contributed by atoms with Crippen molar-refractivity contribution in [2.45, 2.75) is 29.5 Å². The van der Waals surface area contributed by atoms with Crippen LogP contribution in [0.4, 0.5) is 0 Å². The minimum Gasteiger partial charge on any atom is -0.496 e. The Kier molecular flexibility index (Phi) is 6.89. The van der Waals surface area contributed by atoms with Crippen molar-refractivity contribution in [1.29, 1.82) is 0 Å². The second kappa shape index (κ2) is 9.36. The number of aromatic nitrogens is 2. The van der Waals surface area contributed by atoms with Gasteiger partial charge in [0, 0.05) is 39.1 Å². The summed E-state index contributed by atoms with van der Waals surface area (Å²) in [6, 6.07) is 13.8. The highest BCUT2D eigenvalue weighted by Gasteiger charge is 2.15. The first kappa shape index (κ1) is 19.2. The summed E-state index contributed by atoms with van der Waals surface area (Å²) in [6.07, 6.45) is 7.67. The fraction of sp³-hybridized carbons (Fsp3) is 0.250. The molecule has 2 aromatic carbocycles. The van der Waals surface area contributed by atoms with Crippen molar-refractivity contribution in [2.24, 2.45) is 0 Å². The van der Waals surface area contributed by atoms with Crippen LogP contribution in [0, 0.1) is 0 Å². The van der Waals surface area contributed by atoms with Gasteiger partial charge in [0.2, 0.25) is 0 Å². The summed E-state index contributed by atoms with van der Waals surface area (Å²) in [5, 5.41) is 1.82. The Hall–Kier alpha value is -1.62. The second-order valence-corrected chi connectivity index (χ2v) is 8.17. The number of nitrogens with zero attached hydrogens (tertiary/aromatic N) is 2. The highest BCUT2D eigenvalue weighted by Crippen LogP contribution is 2.36. The number of hydrogen-bond donors (Lipinski definition) is 0. The quantitative estimate of drug-likeness (QED) is 0.429. The van der Waals surface area contributed by atoms with Gasteiger partial charge in [-0.05, 0) is 48.7 Å². The first-order valence-corrected chi connectivity index (χ1v) is 9.98. The van der Waals surface area contributed by atoms with Crippen molar-refractivity contribution in [1.82, 2.24) is 9.55 Å². The van der Waals surface area contributed by atoms with Crippen molar-refractivity contribution in [2.75, 3.05) is 7.11 Å². The smallest absolute Gasteiger partial charge is 0.133 e. The molecular weight excluding hydrogens is 387 g/mol. The van der Waals surface area contributed by atoms with Crippen LogP contribution < -0.4 is 4.74 Å². The molecular formula is C20H20Cl2N2OS. The number of hydrogen-bond acceptors (Lipinski definition) is 3. The molecule has 0 fully saturated rings. The van der Waals surface area contributed by atoms with Gasteiger partial charge in [0.1, 0.15) is 5.75 Å². The molecule has 0 aliphatic rings. The predicted molar refractivity (Wildman–Crippen MR) is 110 cm³/mol. The lowest BCUT2D eigenvalue weighted by atomic mass is 10.1.